The van der Waals surface area contributed by atoms with E-state index in [0.717, 1.165) is 18.7 Å². The third kappa shape index (κ3) is 3.22. The van der Waals surface area contributed by atoms with E-state index in [1.54, 1.807) is 6.20 Å². The van der Waals surface area contributed by atoms with Gasteiger partial charge in [0.15, 0.2) is 5.69 Å². The fourth-order valence-corrected chi connectivity index (χ4v) is 3.52. The van der Waals surface area contributed by atoms with Crippen LogP contribution in [0.2, 0.25) is 0 Å². The Morgan fingerprint density at radius 2 is 1.88 bits per heavy atom. The Labute approximate surface area is 142 Å². The van der Waals surface area contributed by atoms with Crippen molar-refractivity contribution >= 4 is 5.97 Å². The molecule has 24 heavy (non-hydrogen) atoms. The van der Waals surface area contributed by atoms with Gasteiger partial charge in [0.2, 0.25) is 0 Å². The number of aryl methyl sites for hydroxylation is 1. The van der Waals surface area contributed by atoms with Crippen molar-refractivity contribution in [2.75, 3.05) is 13.1 Å². The second kappa shape index (κ2) is 7.18. The smallest absolute Gasteiger partial charge is 0.354 e. The van der Waals surface area contributed by atoms with Crippen LogP contribution in [0.25, 0.3) is 11.1 Å². The standard InChI is InChI=1S/C19H25N3O2/c1-3-22-18(19(23)24)17(13-20-22)16-9-7-15(8-10-16)14(2)21-11-5-4-6-12-21/h7-10,13-14H,3-6,11-12H2,1-2H3,(H,23,24)/t14-/m0/s1. The van der Waals surface area contributed by atoms with Crippen LogP contribution >= 0.6 is 0 Å². The lowest BCUT2D eigenvalue weighted by Crippen LogP contribution is -2.32. The Morgan fingerprint density at radius 3 is 2.46 bits per heavy atom. The fraction of sp³-hybridized carbons (Fsp3) is 0.474. The van der Waals surface area contributed by atoms with Crippen molar-refractivity contribution < 1.29 is 9.90 Å². The van der Waals surface area contributed by atoms with Crippen molar-refractivity contribution in [1.29, 1.82) is 0 Å². The molecule has 1 aliphatic rings. The van der Waals surface area contributed by atoms with Crippen molar-refractivity contribution in [3.05, 3.63) is 41.7 Å². The maximum absolute atomic E-state index is 11.6. The molecule has 1 fully saturated rings. The third-order valence-electron chi connectivity index (χ3n) is 4.98. The molecule has 1 N–H and O–H groups in total. The number of aromatic nitrogens is 2. The molecular formula is C19H25N3O2. The van der Waals surface area contributed by atoms with Crippen LogP contribution < -0.4 is 0 Å². The highest BCUT2D eigenvalue weighted by Gasteiger charge is 2.20. The topological polar surface area (TPSA) is 58.4 Å². The molecule has 0 saturated carbocycles. The average molecular weight is 327 g/mol. The zero-order valence-electron chi connectivity index (χ0n) is 14.4. The van der Waals surface area contributed by atoms with Gasteiger partial charge < -0.3 is 5.11 Å². The SMILES string of the molecule is CCn1ncc(-c2ccc([C@H](C)N3CCCCC3)cc2)c1C(=O)O. The number of hydrogen-bond donors (Lipinski definition) is 1. The fourth-order valence-electron chi connectivity index (χ4n) is 3.52. The number of benzene rings is 1. The summed E-state index contributed by atoms with van der Waals surface area (Å²) in [5.41, 5.74) is 3.12. The normalized spacial score (nSPS) is 16.9. The van der Waals surface area contributed by atoms with E-state index < -0.39 is 5.97 Å². The summed E-state index contributed by atoms with van der Waals surface area (Å²) in [6.45, 7) is 7.02. The minimum Gasteiger partial charge on any atom is -0.477 e. The molecule has 3 rings (SSSR count). The first-order valence-electron chi connectivity index (χ1n) is 8.75. The molecule has 2 heterocycles. The number of aromatic carboxylic acids is 1. The van der Waals surface area contributed by atoms with Gasteiger partial charge in [-0.15, -0.1) is 0 Å². The Hall–Kier alpha value is -2.14. The predicted molar refractivity (Wildman–Crippen MR) is 94.1 cm³/mol. The van der Waals surface area contributed by atoms with E-state index in [-0.39, 0.29) is 5.69 Å². The summed E-state index contributed by atoms with van der Waals surface area (Å²) in [6, 6.07) is 8.66. The average Bonchev–Trinajstić information content (AvgIpc) is 3.06. The summed E-state index contributed by atoms with van der Waals surface area (Å²) in [4.78, 5) is 14.1. The van der Waals surface area contributed by atoms with Crippen molar-refractivity contribution in [3.63, 3.8) is 0 Å². The van der Waals surface area contributed by atoms with Crippen LogP contribution in [0, 0.1) is 0 Å². The zero-order valence-corrected chi connectivity index (χ0v) is 14.4. The second-order valence-corrected chi connectivity index (χ2v) is 6.42. The van der Waals surface area contributed by atoms with Crippen molar-refractivity contribution in [2.24, 2.45) is 0 Å². The first-order chi connectivity index (χ1) is 11.6. The first kappa shape index (κ1) is 16.7. The molecule has 0 amide bonds. The van der Waals surface area contributed by atoms with Gasteiger partial charge in [-0.05, 0) is 50.9 Å². The van der Waals surface area contributed by atoms with E-state index in [0.29, 0.717) is 18.2 Å². The van der Waals surface area contributed by atoms with Crippen LogP contribution in [0.3, 0.4) is 0 Å². The van der Waals surface area contributed by atoms with Gasteiger partial charge in [-0.2, -0.15) is 5.10 Å². The molecule has 0 spiro atoms. The molecule has 128 valence electrons. The molecule has 2 aromatic rings. The maximum Gasteiger partial charge on any atom is 0.354 e. The zero-order chi connectivity index (χ0) is 17.1. The van der Waals surface area contributed by atoms with Crippen LogP contribution in [0.5, 0.6) is 0 Å². The lowest BCUT2D eigenvalue weighted by atomic mass is 9.99. The molecular weight excluding hydrogens is 302 g/mol. The van der Waals surface area contributed by atoms with E-state index in [4.69, 9.17) is 0 Å². The summed E-state index contributed by atoms with van der Waals surface area (Å²) in [5, 5.41) is 13.7. The molecule has 1 saturated heterocycles. The molecule has 0 aliphatic carbocycles. The molecule has 1 aromatic heterocycles. The number of hydrogen-bond acceptors (Lipinski definition) is 3. The number of carboxylic acids is 1. The molecule has 5 nitrogen and oxygen atoms in total. The van der Waals surface area contributed by atoms with Crippen molar-refractivity contribution in [1.82, 2.24) is 14.7 Å². The summed E-state index contributed by atoms with van der Waals surface area (Å²) >= 11 is 0. The molecule has 1 aliphatic heterocycles. The van der Waals surface area contributed by atoms with Crippen molar-refractivity contribution in [3.8, 4) is 11.1 Å². The first-order valence-corrected chi connectivity index (χ1v) is 8.75. The van der Waals surface area contributed by atoms with Gasteiger partial charge in [-0.1, -0.05) is 30.7 Å². The van der Waals surface area contributed by atoms with Gasteiger partial charge in [0.05, 0.1) is 6.20 Å². The second-order valence-electron chi connectivity index (χ2n) is 6.42. The Balaban J connectivity index is 1.84. The number of nitrogens with zero attached hydrogens (tertiary/aromatic N) is 3. The van der Waals surface area contributed by atoms with Crippen LogP contribution in [-0.2, 0) is 6.54 Å². The highest BCUT2D eigenvalue weighted by Crippen LogP contribution is 2.28. The predicted octanol–water partition coefficient (Wildman–Crippen LogP) is 3.82. The third-order valence-corrected chi connectivity index (χ3v) is 4.98. The molecule has 1 atom stereocenters. The van der Waals surface area contributed by atoms with Gasteiger partial charge in [-0.3, -0.25) is 9.58 Å². The van der Waals surface area contributed by atoms with Gasteiger partial charge in [0, 0.05) is 18.2 Å². The lowest BCUT2D eigenvalue weighted by Gasteiger charge is -2.32. The van der Waals surface area contributed by atoms with E-state index >= 15 is 0 Å². The summed E-state index contributed by atoms with van der Waals surface area (Å²) in [5.74, 6) is -0.935. The van der Waals surface area contributed by atoms with Crippen LogP contribution in [0.1, 0.15) is 55.2 Å². The highest BCUT2D eigenvalue weighted by atomic mass is 16.4. The molecule has 0 radical (unpaired) electrons. The quantitative estimate of drug-likeness (QED) is 0.907. The molecule has 0 bridgehead atoms. The van der Waals surface area contributed by atoms with Crippen LogP contribution in [0.15, 0.2) is 30.5 Å². The van der Waals surface area contributed by atoms with Gasteiger partial charge >= 0.3 is 5.97 Å². The maximum atomic E-state index is 11.6. The van der Waals surface area contributed by atoms with E-state index in [1.807, 2.05) is 19.1 Å². The number of piperidine rings is 1. The number of carboxylic acid groups (broad SMARTS) is 1. The van der Waals surface area contributed by atoms with Crippen LogP contribution in [0.4, 0.5) is 0 Å². The number of rotatable bonds is 5. The van der Waals surface area contributed by atoms with E-state index in [1.165, 1.54) is 29.5 Å². The summed E-state index contributed by atoms with van der Waals surface area (Å²) in [7, 11) is 0. The van der Waals surface area contributed by atoms with Crippen molar-refractivity contribution in [2.45, 2.75) is 45.7 Å². The Bertz CT molecular complexity index is 700. The van der Waals surface area contributed by atoms with E-state index in [2.05, 4.69) is 29.1 Å². The van der Waals surface area contributed by atoms with Gasteiger partial charge in [-0.25, -0.2) is 4.79 Å². The molecule has 0 unspecified atom stereocenters. The Morgan fingerprint density at radius 1 is 1.21 bits per heavy atom. The lowest BCUT2D eigenvalue weighted by molar-refractivity contribution is 0.0684. The monoisotopic (exact) mass is 327 g/mol. The number of likely N-dealkylation sites (tertiary alicyclic amines) is 1. The minimum absolute atomic E-state index is 0.259. The highest BCUT2D eigenvalue weighted by molar-refractivity contribution is 5.94. The van der Waals surface area contributed by atoms with Gasteiger partial charge in [0.25, 0.3) is 0 Å². The number of carbonyl (C=O) groups is 1. The van der Waals surface area contributed by atoms with Gasteiger partial charge in [0.1, 0.15) is 0 Å². The summed E-state index contributed by atoms with van der Waals surface area (Å²) < 4.78 is 1.53. The molecule has 1 aromatic carbocycles. The Kier molecular flexibility index (Phi) is 5.00. The van der Waals surface area contributed by atoms with Crippen LogP contribution in [-0.4, -0.2) is 38.8 Å². The largest absolute Gasteiger partial charge is 0.477 e. The van der Waals surface area contributed by atoms with E-state index in [9.17, 15) is 9.90 Å². The molecule has 5 heteroatoms. The summed E-state index contributed by atoms with van der Waals surface area (Å²) in [6.07, 6.45) is 5.54. The minimum atomic E-state index is -0.935.